The second-order valence-corrected chi connectivity index (χ2v) is 2.30. The average molecular weight is 177 g/mol. The van der Waals surface area contributed by atoms with Crippen LogP contribution in [0.4, 0.5) is 0 Å². The SMILES string of the molecule is C=O.CCCN(C)CCC.CO. The first kappa shape index (κ1) is 17.6. The van der Waals surface area contributed by atoms with Gasteiger partial charge in [-0.2, -0.15) is 0 Å². The summed E-state index contributed by atoms with van der Waals surface area (Å²) < 4.78 is 0. The van der Waals surface area contributed by atoms with E-state index in [9.17, 15) is 0 Å². The second kappa shape index (κ2) is 22.4. The first-order chi connectivity index (χ1) is 5.81. The molecule has 0 fully saturated rings. The van der Waals surface area contributed by atoms with Gasteiger partial charge in [-0.1, -0.05) is 13.8 Å². The van der Waals surface area contributed by atoms with E-state index in [-0.39, 0.29) is 0 Å². The van der Waals surface area contributed by atoms with Crippen molar-refractivity contribution >= 4 is 6.79 Å². The van der Waals surface area contributed by atoms with E-state index in [0.29, 0.717) is 0 Å². The van der Waals surface area contributed by atoms with Crippen LogP contribution in [-0.4, -0.2) is 44.0 Å². The van der Waals surface area contributed by atoms with E-state index in [1.54, 1.807) is 0 Å². The molecule has 3 heteroatoms. The maximum atomic E-state index is 8.00. The number of aliphatic hydroxyl groups excluding tert-OH is 1. The lowest BCUT2D eigenvalue weighted by atomic mass is 10.4. The topological polar surface area (TPSA) is 40.5 Å². The minimum absolute atomic E-state index is 1.00. The molecule has 0 aromatic heterocycles. The highest BCUT2D eigenvalue weighted by atomic mass is 16.2. The van der Waals surface area contributed by atoms with Crippen molar-refractivity contribution in [1.29, 1.82) is 0 Å². The number of rotatable bonds is 4. The second-order valence-electron chi connectivity index (χ2n) is 2.30. The van der Waals surface area contributed by atoms with Crippen LogP contribution in [0.1, 0.15) is 26.7 Å². The van der Waals surface area contributed by atoms with E-state index in [0.717, 1.165) is 7.11 Å². The molecule has 0 aliphatic rings. The normalized spacial score (nSPS) is 7.83. The zero-order valence-electron chi connectivity index (χ0n) is 8.84. The van der Waals surface area contributed by atoms with Gasteiger partial charge in [0.05, 0.1) is 0 Å². The molecule has 0 aromatic rings. The summed E-state index contributed by atoms with van der Waals surface area (Å²) >= 11 is 0. The van der Waals surface area contributed by atoms with Crippen molar-refractivity contribution in [2.75, 3.05) is 27.2 Å². The molecule has 1 N–H and O–H groups in total. The van der Waals surface area contributed by atoms with Gasteiger partial charge in [0.2, 0.25) is 0 Å². The molecule has 0 saturated heterocycles. The molecule has 0 spiro atoms. The van der Waals surface area contributed by atoms with Gasteiger partial charge in [-0.05, 0) is 33.0 Å². The van der Waals surface area contributed by atoms with Crippen LogP contribution in [-0.2, 0) is 4.79 Å². The van der Waals surface area contributed by atoms with Crippen molar-refractivity contribution in [2.45, 2.75) is 26.7 Å². The first-order valence-corrected chi connectivity index (χ1v) is 4.23. The van der Waals surface area contributed by atoms with Crippen LogP contribution in [0.15, 0.2) is 0 Å². The third kappa shape index (κ3) is 22.6. The highest BCUT2D eigenvalue weighted by Gasteiger charge is 1.90. The van der Waals surface area contributed by atoms with Crippen LogP contribution in [0.2, 0.25) is 0 Å². The van der Waals surface area contributed by atoms with Crippen molar-refractivity contribution in [1.82, 2.24) is 4.90 Å². The number of hydrogen-bond acceptors (Lipinski definition) is 3. The smallest absolute Gasteiger partial charge is 0.106 e. The Morgan fingerprint density at radius 3 is 1.50 bits per heavy atom. The van der Waals surface area contributed by atoms with Gasteiger partial charge < -0.3 is 14.8 Å². The summed E-state index contributed by atoms with van der Waals surface area (Å²) in [6, 6.07) is 0. The van der Waals surface area contributed by atoms with E-state index in [2.05, 4.69) is 25.8 Å². The van der Waals surface area contributed by atoms with Crippen LogP contribution in [0.25, 0.3) is 0 Å². The Morgan fingerprint density at radius 2 is 1.33 bits per heavy atom. The van der Waals surface area contributed by atoms with Crippen molar-refractivity contribution < 1.29 is 9.90 Å². The molecular formula is C9H23NO2. The number of carbonyl (C=O) groups is 1. The van der Waals surface area contributed by atoms with Gasteiger partial charge in [0.25, 0.3) is 0 Å². The molecule has 0 aliphatic carbocycles. The highest BCUT2D eigenvalue weighted by molar-refractivity contribution is 5.10. The number of carbonyl (C=O) groups excluding carboxylic acids is 1. The predicted octanol–water partition coefficient (Wildman–Crippen LogP) is 1.16. The molecule has 76 valence electrons. The van der Waals surface area contributed by atoms with E-state index >= 15 is 0 Å². The lowest BCUT2D eigenvalue weighted by molar-refractivity contribution is -0.0979. The zero-order chi connectivity index (χ0) is 10.4. The van der Waals surface area contributed by atoms with Crippen LogP contribution in [0, 0.1) is 0 Å². The summed E-state index contributed by atoms with van der Waals surface area (Å²) in [6.07, 6.45) is 2.55. The Bertz CT molecular complexity index is 54.5. The van der Waals surface area contributed by atoms with E-state index in [4.69, 9.17) is 9.90 Å². The van der Waals surface area contributed by atoms with Crippen molar-refractivity contribution in [2.24, 2.45) is 0 Å². The molecular weight excluding hydrogens is 154 g/mol. The molecule has 3 nitrogen and oxygen atoms in total. The van der Waals surface area contributed by atoms with Crippen LogP contribution < -0.4 is 0 Å². The fraction of sp³-hybridized carbons (Fsp3) is 0.889. The largest absolute Gasteiger partial charge is 0.400 e. The minimum atomic E-state index is 1.00. The van der Waals surface area contributed by atoms with Crippen LogP contribution in [0.5, 0.6) is 0 Å². The molecule has 0 atom stereocenters. The maximum Gasteiger partial charge on any atom is 0.106 e. The van der Waals surface area contributed by atoms with Crippen molar-refractivity contribution in [3.05, 3.63) is 0 Å². The molecule has 0 aliphatic heterocycles. The minimum Gasteiger partial charge on any atom is -0.400 e. The summed E-state index contributed by atoms with van der Waals surface area (Å²) in [7, 11) is 3.17. The zero-order valence-corrected chi connectivity index (χ0v) is 8.84. The van der Waals surface area contributed by atoms with Crippen molar-refractivity contribution in [3.8, 4) is 0 Å². The molecule has 0 aromatic carbocycles. The molecule has 0 rings (SSSR count). The van der Waals surface area contributed by atoms with Crippen molar-refractivity contribution in [3.63, 3.8) is 0 Å². The lowest BCUT2D eigenvalue weighted by Crippen LogP contribution is -2.19. The third-order valence-corrected chi connectivity index (χ3v) is 1.21. The Hall–Kier alpha value is -0.410. The summed E-state index contributed by atoms with van der Waals surface area (Å²) in [6.45, 7) is 8.92. The number of aliphatic hydroxyl groups is 1. The Kier molecular flexibility index (Phi) is 32.9. The summed E-state index contributed by atoms with van der Waals surface area (Å²) in [5, 5.41) is 7.00. The Balaban J connectivity index is -0.000000175. The number of hydrogen-bond donors (Lipinski definition) is 1. The Morgan fingerprint density at radius 1 is 1.08 bits per heavy atom. The van der Waals surface area contributed by atoms with Gasteiger partial charge in [-0.25, -0.2) is 0 Å². The van der Waals surface area contributed by atoms with E-state index in [1.807, 2.05) is 6.79 Å². The third-order valence-electron chi connectivity index (χ3n) is 1.21. The van der Waals surface area contributed by atoms with Gasteiger partial charge in [0.1, 0.15) is 6.79 Å². The van der Waals surface area contributed by atoms with E-state index in [1.165, 1.54) is 25.9 Å². The van der Waals surface area contributed by atoms with Gasteiger partial charge in [0.15, 0.2) is 0 Å². The monoisotopic (exact) mass is 177 g/mol. The van der Waals surface area contributed by atoms with Crippen LogP contribution >= 0.6 is 0 Å². The fourth-order valence-corrected chi connectivity index (χ4v) is 0.875. The quantitative estimate of drug-likeness (QED) is 0.700. The molecule has 0 bridgehead atoms. The summed E-state index contributed by atoms with van der Waals surface area (Å²) in [4.78, 5) is 10.4. The van der Waals surface area contributed by atoms with Gasteiger partial charge in [0, 0.05) is 7.11 Å². The lowest BCUT2D eigenvalue weighted by Gasteiger charge is -2.12. The standard InChI is InChI=1S/C7H17N.CH4O.CH2O/c1-4-6-8(3)7-5-2;2*1-2/h4-7H2,1-3H3;2H,1H3;1H2. The predicted molar refractivity (Wildman–Crippen MR) is 53.3 cm³/mol. The van der Waals surface area contributed by atoms with Gasteiger partial charge >= 0.3 is 0 Å². The van der Waals surface area contributed by atoms with Crippen LogP contribution in [0.3, 0.4) is 0 Å². The first-order valence-electron chi connectivity index (χ1n) is 4.23. The number of nitrogens with zero attached hydrogens (tertiary/aromatic N) is 1. The average Bonchev–Trinajstić information content (AvgIpc) is 2.12. The fourth-order valence-electron chi connectivity index (χ4n) is 0.875. The highest BCUT2D eigenvalue weighted by Crippen LogP contribution is 1.86. The Labute approximate surface area is 76.4 Å². The molecule has 0 heterocycles. The van der Waals surface area contributed by atoms with Gasteiger partial charge in [-0.15, -0.1) is 0 Å². The molecule has 12 heavy (non-hydrogen) atoms. The molecule has 0 unspecified atom stereocenters. The molecule has 0 saturated carbocycles. The summed E-state index contributed by atoms with van der Waals surface area (Å²) in [5.41, 5.74) is 0. The molecule has 0 radical (unpaired) electrons. The van der Waals surface area contributed by atoms with E-state index < -0.39 is 0 Å². The van der Waals surface area contributed by atoms with Gasteiger partial charge in [-0.3, -0.25) is 0 Å². The maximum absolute atomic E-state index is 8.00. The molecule has 0 amide bonds. The summed E-state index contributed by atoms with van der Waals surface area (Å²) in [5.74, 6) is 0.